The SMILES string of the molecule is COc1cccc(NC(=O)c2cc(-c3ccn(C)n3)n3ccccc23)c1. The summed E-state index contributed by atoms with van der Waals surface area (Å²) >= 11 is 0. The average molecular weight is 346 g/mol. The maximum absolute atomic E-state index is 12.9. The van der Waals surface area contributed by atoms with Crippen LogP contribution in [0.5, 0.6) is 5.75 Å². The first-order chi connectivity index (χ1) is 12.7. The Balaban J connectivity index is 1.75. The molecule has 1 aromatic carbocycles. The Hall–Kier alpha value is -3.54. The molecular weight excluding hydrogens is 328 g/mol. The van der Waals surface area contributed by atoms with Gasteiger partial charge in [0.05, 0.1) is 23.9 Å². The van der Waals surface area contributed by atoms with Crippen molar-refractivity contribution in [2.75, 3.05) is 12.4 Å². The molecule has 0 unspecified atom stereocenters. The lowest BCUT2D eigenvalue weighted by Crippen LogP contribution is -2.11. The first-order valence-corrected chi connectivity index (χ1v) is 8.21. The van der Waals surface area contributed by atoms with Gasteiger partial charge >= 0.3 is 0 Å². The maximum Gasteiger partial charge on any atom is 0.257 e. The third-order valence-electron chi connectivity index (χ3n) is 4.22. The van der Waals surface area contributed by atoms with Crippen LogP contribution >= 0.6 is 0 Å². The minimum absolute atomic E-state index is 0.177. The van der Waals surface area contributed by atoms with Crippen LogP contribution in [0, 0.1) is 0 Å². The number of benzene rings is 1. The number of carbonyl (C=O) groups is 1. The van der Waals surface area contributed by atoms with Gasteiger partial charge < -0.3 is 14.5 Å². The minimum atomic E-state index is -0.177. The summed E-state index contributed by atoms with van der Waals surface area (Å²) in [7, 11) is 3.47. The number of pyridine rings is 1. The highest BCUT2D eigenvalue weighted by molar-refractivity contribution is 6.10. The molecule has 0 saturated heterocycles. The number of methoxy groups -OCH3 is 1. The monoisotopic (exact) mass is 346 g/mol. The topological polar surface area (TPSA) is 60.6 Å². The summed E-state index contributed by atoms with van der Waals surface area (Å²) in [5.41, 5.74) is 3.79. The molecule has 0 saturated carbocycles. The number of rotatable bonds is 4. The number of amides is 1. The average Bonchev–Trinajstić information content (AvgIpc) is 3.25. The second-order valence-electron chi connectivity index (χ2n) is 5.96. The van der Waals surface area contributed by atoms with Crippen LogP contribution in [-0.2, 0) is 7.05 Å². The van der Waals surface area contributed by atoms with Crippen LogP contribution in [0.25, 0.3) is 16.9 Å². The Kier molecular flexibility index (Phi) is 3.93. The summed E-state index contributed by atoms with van der Waals surface area (Å²) in [6.07, 6.45) is 3.81. The van der Waals surface area contributed by atoms with Crippen molar-refractivity contribution < 1.29 is 9.53 Å². The zero-order valence-corrected chi connectivity index (χ0v) is 14.5. The lowest BCUT2D eigenvalue weighted by atomic mass is 10.2. The highest BCUT2D eigenvalue weighted by atomic mass is 16.5. The van der Waals surface area contributed by atoms with E-state index in [0.717, 1.165) is 16.9 Å². The van der Waals surface area contributed by atoms with E-state index in [4.69, 9.17) is 4.74 Å². The van der Waals surface area contributed by atoms with Crippen LogP contribution in [0.4, 0.5) is 5.69 Å². The van der Waals surface area contributed by atoms with Crippen molar-refractivity contribution in [2.24, 2.45) is 7.05 Å². The maximum atomic E-state index is 12.9. The van der Waals surface area contributed by atoms with E-state index in [1.165, 1.54) is 0 Å². The van der Waals surface area contributed by atoms with Crippen molar-refractivity contribution in [1.29, 1.82) is 0 Å². The number of fused-ring (bicyclic) bond motifs is 1. The molecule has 6 nitrogen and oxygen atoms in total. The predicted octanol–water partition coefficient (Wildman–Crippen LogP) is 3.60. The summed E-state index contributed by atoms with van der Waals surface area (Å²) in [6.45, 7) is 0. The number of carbonyl (C=O) groups excluding carboxylic acids is 1. The minimum Gasteiger partial charge on any atom is -0.497 e. The third-order valence-corrected chi connectivity index (χ3v) is 4.22. The molecule has 26 heavy (non-hydrogen) atoms. The molecule has 0 radical (unpaired) electrons. The van der Waals surface area contributed by atoms with Crippen LogP contribution in [0.2, 0.25) is 0 Å². The van der Waals surface area contributed by atoms with Crippen molar-refractivity contribution >= 4 is 17.1 Å². The van der Waals surface area contributed by atoms with E-state index in [2.05, 4.69) is 10.4 Å². The fraction of sp³-hybridized carbons (Fsp3) is 0.100. The molecule has 0 aliphatic heterocycles. The van der Waals surface area contributed by atoms with Crippen molar-refractivity contribution in [3.05, 3.63) is 72.6 Å². The Labute approximate surface area is 150 Å². The van der Waals surface area contributed by atoms with Crippen LogP contribution in [-0.4, -0.2) is 27.2 Å². The molecule has 4 aromatic rings. The zero-order valence-electron chi connectivity index (χ0n) is 14.5. The molecule has 0 atom stereocenters. The Morgan fingerprint density at radius 1 is 1.08 bits per heavy atom. The van der Waals surface area contributed by atoms with Gasteiger partial charge in [-0.2, -0.15) is 5.10 Å². The standard InChI is InChI=1S/C20H18N4O2/c1-23-11-9-17(22-23)19-13-16(18-8-3-4-10-24(18)19)20(25)21-14-6-5-7-15(12-14)26-2/h3-13H,1-2H3,(H,21,25). The Bertz CT molecular complexity index is 1090. The van der Waals surface area contributed by atoms with Gasteiger partial charge in [-0.3, -0.25) is 9.48 Å². The lowest BCUT2D eigenvalue weighted by molar-refractivity contribution is 0.102. The fourth-order valence-corrected chi connectivity index (χ4v) is 2.98. The van der Waals surface area contributed by atoms with Crippen molar-refractivity contribution in [3.63, 3.8) is 0 Å². The number of nitrogens with one attached hydrogen (secondary N) is 1. The number of hydrogen-bond acceptors (Lipinski definition) is 3. The van der Waals surface area contributed by atoms with Gasteiger partial charge in [-0.05, 0) is 36.4 Å². The van der Waals surface area contributed by atoms with Gasteiger partial charge in [-0.1, -0.05) is 12.1 Å². The van der Waals surface area contributed by atoms with E-state index < -0.39 is 0 Å². The van der Waals surface area contributed by atoms with Crippen molar-refractivity contribution in [1.82, 2.24) is 14.2 Å². The van der Waals surface area contributed by atoms with E-state index in [1.807, 2.05) is 72.4 Å². The molecule has 1 N–H and O–H groups in total. The van der Waals surface area contributed by atoms with Crippen LogP contribution in [0.1, 0.15) is 10.4 Å². The Morgan fingerprint density at radius 2 is 1.96 bits per heavy atom. The van der Waals surface area contributed by atoms with Crippen LogP contribution in [0.15, 0.2) is 67.0 Å². The lowest BCUT2D eigenvalue weighted by Gasteiger charge is -2.06. The number of ether oxygens (including phenoxy) is 1. The molecule has 1 amide bonds. The second-order valence-corrected chi connectivity index (χ2v) is 5.96. The first-order valence-electron chi connectivity index (χ1n) is 8.21. The molecule has 0 fully saturated rings. The summed E-state index contributed by atoms with van der Waals surface area (Å²) in [6, 6.07) is 16.9. The van der Waals surface area contributed by atoms with Gasteiger partial charge in [0.15, 0.2) is 0 Å². The summed E-state index contributed by atoms with van der Waals surface area (Å²) in [5, 5.41) is 7.40. The van der Waals surface area contributed by atoms with Gasteiger partial charge in [0.2, 0.25) is 0 Å². The molecule has 0 aliphatic carbocycles. The first kappa shape index (κ1) is 16.0. The van der Waals surface area contributed by atoms with E-state index in [1.54, 1.807) is 17.9 Å². The third kappa shape index (κ3) is 2.82. The molecule has 4 rings (SSSR count). The normalized spacial score (nSPS) is 10.8. The van der Waals surface area contributed by atoms with Crippen molar-refractivity contribution in [3.8, 4) is 17.1 Å². The van der Waals surface area contributed by atoms with Gasteiger partial charge in [0, 0.05) is 31.2 Å². The smallest absolute Gasteiger partial charge is 0.257 e. The van der Waals surface area contributed by atoms with Gasteiger partial charge in [-0.25, -0.2) is 0 Å². The molecule has 3 aromatic heterocycles. The largest absolute Gasteiger partial charge is 0.497 e. The van der Waals surface area contributed by atoms with Gasteiger partial charge in [-0.15, -0.1) is 0 Å². The zero-order chi connectivity index (χ0) is 18.1. The van der Waals surface area contributed by atoms with Gasteiger partial charge in [0.1, 0.15) is 11.4 Å². The fourth-order valence-electron chi connectivity index (χ4n) is 2.98. The molecule has 0 aliphatic rings. The predicted molar refractivity (Wildman–Crippen MR) is 101 cm³/mol. The van der Waals surface area contributed by atoms with E-state index >= 15 is 0 Å². The molecule has 3 heterocycles. The molecular formula is C20H18N4O2. The van der Waals surface area contributed by atoms with Gasteiger partial charge in [0.25, 0.3) is 5.91 Å². The summed E-state index contributed by atoms with van der Waals surface area (Å²) in [5.74, 6) is 0.517. The van der Waals surface area contributed by atoms with Crippen LogP contribution < -0.4 is 10.1 Å². The summed E-state index contributed by atoms with van der Waals surface area (Å²) in [4.78, 5) is 12.9. The van der Waals surface area contributed by atoms with E-state index in [0.29, 0.717) is 17.0 Å². The number of aryl methyl sites for hydroxylation is 1. The van der Waals surface area contributed by atoms with E-state index in [-0.39, 0.29) is 5.91 Å². The van der Waals surface area contributed by atoms with Crippen LogP contribution in [0.3, 0.4) is 0 Å². The molecule has 6 heteroatoms. The summed E-state index contributed by atoms with van der Waals surface area (Å²) < 4.78 is 8.93. The number of aromatic nitrogens is 3. The molecule has 0 bridgehead atoms. The van der Waals surface area contributed by atoms with Crippen molar-refractivity contribution in [2.45, 2.75) is 0 Å². The second kappa shape index (κ2) is 6.40. The highest BCUT2D eigenvalue weighted by Crippen LogP contribution is 2.26. The number of anilines is 1. The number of nitrogens with zero attached hydrogens (tertiary/aromatic N) is 3. The number of hydrogen-bond donors (Lipinski definition) is 1. The molecule has 130 valence electrons. The molecule has 0 spiro atoms. The quantitative estimate of drug-likeness (QED) is 0.614. The van der Waals surface area contributed by atoms with E-state index in [9.17, 15) is 4.79 Å². The Morgan fingerprint density at radius 3 is 2.73 bits per heavy atom. The highest BCUT2D eigenvalue weighted by Gasteiger charge is 2.17.